The number of nitrogens with zero attached hydrogens (tertiary/aromatic N) is 2. The standard InChI is InChI=1S/C20H22N4OS/c21-16(14-6-2-1-3-7-14)13-19(25)22-15-8-9-17-18(12-15)26-20(23-17)24-10-4-5-11-24/h1-3,6-9,12,16H,4-5,10-11,13,21H2,(H,22,25). The van der Waals surface area contributed by atoms with Crippen LogP contribution in [-0.2, 0) is 4.79 Å². The summed E-state index contributed by atoms with van der Waals surface area (Å²) in [6, 6.07) is 15.3. The van der Waals surface area contributed by atoms with Crippen LogP contribution in [-0.4, -0.2) is 24.0 Å². The van der Waals surface area contributed by atoms with Crippen molar-refractivity contribution in [3.05, 3.63) is 54.1 Å². The third-order valence-electron chi connectivity index (χ3n) is 4.67. The highest BCUT2D eigenvalue weighted by Gasteiger charge is 2.17. The van der Waals surface area contributed by atoms with Crippen molar-refractivity contribution in [2.45, 2.75) is 25.3 Å². The maximum Gasteiger partial charge on any atom is 0.226 e. The molecular formula is C20H22N4OS. The first-order valence-electron chi connectivity index (χ1n) is 8.95. The topological polar surface area (TPSA) is 71.2 Å². The van der Waals surface area contributed by atoms with E-state index >= 15 is 0 Å². The number of aromatic nitrogens is 1. The number of amides is 1. The van der Waals surface area contributed by atoms with Crippen LogP contribution in [0.2, 0.25) is 0 Å². The van der Waals surface area contributed by atoms with Gasteiger partial charge in [0, 0.05) is 31.2 Å². The van der Waals surface area contributed by atoms with E-state index in [9.17, 15) is 4.79 Å². The fourth-order valence-corrected chi connectivity index (χ4v) is 4.32. The molecule has 0 aliphatic carbocycles. The highest BCUT2D eigenvalue weighted by molar-refractivity contribution is 7.22. The Morgan fingerprint density at radius 2 is 1.96 bits per heavy atom. The minimum atomic E-state index is -0.301. The van der Waals surface area contributed by atoms with Crippen LogP contribution < -0.4 is 16.0 Å². The van der Waals surface area contributed by atoms with E-state index in [1.807, 2.05) is 48.5 Å². The molecule has 0 saturated carbocycles. The largest absolute Gasteiger partial charge is 0.348 e. The highest BCUT2D eigenvalue weighted by Crippen LogP contribution is 2.32. The molecule has 2 heterocycles. The fourth-order valence-electron chi connectivity index (χ4n) is 3.26. The van der Waals surface area contributed by atoms with Gasteiger partial charge in [-0.3, -0.25) is 4.79 Å². The molecule has 0 bridgehead atoms. The second-order valence-corrected chi connectivity index (χ2v) is 7.65. The van der Waals surface area contributed by atoms with Crippen LogP contribution in [0.4, 0.5) is 10.8 Å². The number of carbonyl (C=O) groups excluding carboxylic acids is 1. The van der Waals surface area contributed by atoms with Crippen LogP contribution in [0.15, 0.2) is 48.5 Å². The molecule has 3 aromatic rings. The lowest BCUT2D eigenvalue weighted by Crippen LogP contribution is -2.20. The van der Waals surface area contributed by atoms with Crippen molar-refractivity contribution in [1.82, 2.24) is 4.98 Å². The molecule has 1 unspecified atom stereocenters. The molecule has 1 aliphatic rings. The van der Waals surface area contributed by atoms with E-state index in [0.717, 1.165) is 39.7 Å². The summed E-state index contributed by atoms with van der Waals surface area (Å²) in [5.41, 5.74) is 8.88. The molecule has 134 valence electrons. The van der Waals surface area contributed by atoms with Crippen LogP contribution in [0.5, 0.6) is 0 Å². The van der Waals surface area contributed by atoms with Crippen molar-refractivity contribution in [1.29, 1.82) is 0 Å². The predicted molar refractivity (Wildman–Crippen MR) is 108 cm³/mol. The Kier molecular flexibility index (Phi) is 4.86. The summed E-state index contributed by atoms with van der Waals surface area (Å²) in [5.74, 6) is -0.0787. The Bertz CT molecular complexity index is 903. The molecule has 1 fully saturated rings. The van der Waals surface area contributed by atoms with Gasteiger partial charge in [-0.05, 0) is 36.6 Å². The molecule has 2 aromatic carbocycles. The normalized spacial score (nSPS) is 15.3. The van der Waals surface area contributed by atoms with Gasteiger partial charge >= 0.3 is 0 Å². The zero-order valence-corrected chi connectivity index (χ0v) is 15.3. The number of nitrogens with two attached hydrogens (primary N) is 1. The maximum absolute atomic E-state index is 12.3. The molecule has 1 aromatic heterocycles. The second-order valence-electron chi connectivity index (χ2n) is 6.64. The van der Waals surface area contributed by atoms with Gasteiger partial charge in [-0.2, -0.15) is 0 Å². The number of hydrogen-bond donors (Lipinski definition) is 2. The third kappa shape index (κ3) is 3.71. The second kappa shape index (κ2) is 7.43. The summed E-state index contributed by atoms with van der Waals surface area (Å²) in [5, 5.41) is 4.04. The first-order chi connectivity index (χ1) is 12.7. The molecule has 6 heteroatoms. The van der Waals surface area contributed by atoms with E-state index in [0.29, 0.717) is 0 Å². The average molecular weight is 366 g/mol. The number of nitrogens with one attached hydrogen (secondary N) is 1. The molecule has 4 rings (SSSR count). The van der Waals surface area contributed by atoms with Gasteiger partial charge in [0.2, 0.25) is 5.91 Å². The van der Waals surface area contributed by atoms with E-state index in [2.05, 4.69) is 10.2 Å². The van der Waals surface area contributed by atoms with Crippen LogP contribution in [0.1, 0.15) is 30.9 Å². The van der Waals surface area contributed by atoms with E-state index in [1.165, 1.54) is 12.8 Å². The van der Waals surface area contributed by atoms with Crippen LogP contribution in [0.3, 0.4) is 0 Å². The summed E-state index contributed by atoms with van der Waals surface area (Å²) < 4.78 is 1.09. The van der Waals surface area contributed by atoms with Crippen molar-refractivity contribution < 1.29 is 4.79 Å². The van der Waals surface area contributed by atoms with Crippen molar-refractivity contribution >= 4 is 38.3 Å². The zero-order chi connectivity index (χ0) is 17.9. The Hall–Kier alpha value is -2.44. The summed E-state index contributed by atoms with van der Waals surface area (Å²) in [6.45, 7) is 2.17. The van der Waals surface area contributed by atoms with E-state index < -0.39 is 0 Å². The van der Waals surface area contributed by atoms with Crippen LogP contribution in [0, 0.1) is 0 Å². The lowest BCUT2D eigenvalue weighted by atomic mass is 10.0. The molecule has 0 radical (unpaired) electrons. The number of thiazole rings is 1. The van der Waals surface area contributed by atoms with Crippen molar-refractivity contribution in [3.8, 4) is 0 Å². The van der Waals surface area contributed by atoms with E-state index in [1.54, 1.807) is 11.3 Å². The average Bonchev–Trinajstić information content (AvgIpc) is 3.31. The minimum Gasteiger partial charge on any atom is -0.348 e. The summed E-state index contributed by atoms with van der Waals surface area (Å²) in [6.07, 6.45) is 2.72. The van der Waals surface area contributed by atoms with Crippen molar-refractivity contribution in [2.75, 3.05) is 23.3 Å². The molecule has 1 saturated heterocycles. The van der Waals surface area contributed by atoms with Crippen LogP contribution >= 0.6 is 11.3 Å². The monoisotopic (exact) mass is 366 g/mol. The zero-order valence-electron chi connectivity index (χ0n) is 14.5. The number of benzene rings is 2. The highest BCUT2D eigenvalue weighted by atomic mass is 32.1. The number of rotatable bonds is 5. The molecule has 0 spiro atoms. The Balaban J connectivity index is 1.44. The van der Waals surface area contributed by atoms with Crippen LogP contribution in [0.25, 0.3) is 10.2 Å². The number of hydrogen-bond acceptors (Lipinski definition) is 5. The van der Waals surface area contributed by atoms with Gasteiger partial charge in [0.1, 0.15) is 0 Å². The van der Waals surface area contributed by atoms with Gasteiger partial charge in [0.15, 0.2) is 5.13 Å². The number of anilines is 2. The van der Waals surface area contributed by atoms with Crippen molar-refractivity contribution in [2.24, 2.45) is 5.73 Å². The van der Waals surface area contributed by atoms with Crippen molar-refractivity contribution in [3.63, 3.8) is 0 Å². The molecule has 3 N–H and O–H groups in total. The van der Waals surface area contributed by atoms with Gasteiger partial charge < -0.3 is 16.0 Å². The molecular weight excluding hydrogens is 344 g/mol. The molecule has 1 amide bonds. The lowest BCUT2D eigenvalue weighted by Gasteiger charge is -2.12. The fraction of sp³-hybridized carbons (Fsp3) is 0.300. The smallest absolute Gasteiger partial charge is 0.226 e. The van der Waals surface area contributed by atoms with Gasteiger partial charge in [0.25, 0.3) is 0 Å². The van der Waals surface area contributed by atoms with Gasteiger partial charge in [-0.25, -0.2) is 4.98 Å². The lowest BCUT2D eigenvalue weighted by molar-refractivity contribution is -0.116. The third-order valence-corrected chi connectivity index (χ3v) is 5.75. The number of fused-ring (bicyclic) bond motifs is 1. The first-order valence-corrected chi connectivity index (χ1v) is 9.76. The van der Waals surface area contributed by atoms with Gasteiger partial charge in [-0.15, -0.1) is 0 Å². The van der Waals surface area contributed by atoms with Gasteiger partial charge in [-0.1, -0.05) is 41.7 Å². The molecule has 26 heavy (non-hydrogen) atoms. The summed E-state index contributed by atoms with van der Waals surface area (Å²) in [4.78, 5) is 19.4. The Morgan fingerprint density at radius 1 is 1.19 bits per heavy atom. The minimum absolute atomic E-state index is 0.0787. The van der Waals surface area contributed by atoms with E-state index in [4.69, 9.17) is 10.7 Å². The van der Waals surface area contributed by atoms with Gasteiger partial charge in [0.05, 0.1) is 10.2 Å². The summed E-state index contributed by atoms with van der Waals surface area (Å²) in [7, 11) is 0. The SMILES string of the molecule is NC(CC(=O)Nc1ccc2nc(N3CCCC3)sc2c1)c1ccccc1. The first kappa shape index (κ1) is 17.0. The Labute approximate surface area is 156 Å². The predicted octanol–water partition coefficient (Wildman–Crippen LogP) is 3.93. The quantitative estimate of drug-likeness (QED) is 0.718. The Morgan fingerprint density at radius 3 is 2.73 bits per heavy atom. The molecule has 5 nitrogen and oxygen atoms in total. The molecule has 1 aliphatic heterocycles. The summed E-state index contributed by atoms with van der Waals surface area (Å²) >= 11 is 1.69. The number of carbonyl (C=O) groups is 1. The molecule has 1 atom stereocenters. The van der Waals surface area contributed by atoms with E-state index in [-0.39, 0.29) is 18.4 Å². The maximum atomic E-state index is 12.3.